The smallest absolute Gasteiger partial charge is 0.0771 e. The molecule has 1 aromatic rings. The molecule has 0 spiro atoms. The Balaban J connectivity index is 1.52. The van der Waals surface area contributed by atoms with E-state index in [9.17, 15) is 5.11 Å². The van der Waals surface area contributed by atoms with Gasteiger partial charge in [-0.05, 0) is 48.8 Å². The van der Waals surface area contributed by atoms with Crippen molar-refractivity contribution in [3.8, 4) is 0 Å². The molecule has 0 saturated heterocycles. The molecule has 1 aromatic carbocycles. The summed E-state index contributed by atoms with van der Waals surface area (Å²) < 4.78 is 0. The lowest BCUT2D eigenvalue weighted by Gasteiger charge is -2.27. The van der Waals surface area contributed by atoms with E-state index in [1.54, 1.807) is 0 Å². The van der Waals surface area contributed by atoms with E-state index in [1.165, 1.54) is 61.6 Å². The molecule has 0 atom stereocenters. The summed E-state index contributed by atoms with van der Waals surface area (Å²) in [7, 11) is 0. The molecule has 0 heterocycles. The number of nitrogens with one attached hydrogen (secondary N) is 1. The molecular formula is C18H27NO. The van der Waals surface area contributed by atoms with E-state index in [-0.39, 0.29) is 0 Å². The molecule has 0 bridgehead atoms. The molecule has 2 nitrogen and oxygen atoms in total. The zero-order valence-corrected chi connectivity index (χ0v) is 12.5. The van der Waals surface area contributed by atoms with Crippen LogP contribution in [-0.2, 0) is 19.4 Å². The number of fused-ring (bicyclic) bond motifs is 1. The molecule has 0 aromatic heterocycles. The molecule has 0 amide bonds. The van der Waals surface area contributed by atoms with Gasteiger partial charge in [0.1, 0.15) is 0 Å². The summed E-state index contributed by atoms with van der Waals surface area (Å²) in [5, 5.41) is 14.1. The fourth-order valence-electron chi connectivity index (χ4n) is 3.74. The number of aliphatic hydroxyl groups is 1. The normalized spacial score (nSPS) is 21.4. The van der Waals surface area contributed by atoms with Crippen LogP contribution in [0, 0.1) is 0 Å². The van der Waals surface area contributed by atoms with Crippen molar-refractivity contribution in [3.05, 3.63) is 34.9 Å². The first-order valence-electron chi connectivity index (χ1n) is 8.29. The average Bonchev–Trinajstić information content (AvgIpc) is 2.80. The van der Waals surface area contributed by atoms with E-state index >= 15 is 0 Å². The lowest BCUT2D eigenvalue weighted by molar-refractivity contribution is 0.0250. The second-order valence-corrected chi connectivity index (χ2v) is 6.70. The van der Waals surface area contributed by atoms with E-state index in [0.717, 1.165) is 25.9 Å². The lowest BCUT2D eigenvalue weighted by Crippen LogP contribution is -2.39. The summed E-state index contributed by atoms with van der Waals surface area (Å²) >= 11 is 0. The van der Waals surface area contributed by atoms with Crippen LogP contribution in [0.3, 0.4) is 0 Å². The predicted octanol–water partition coefficient (Wildman–Crippen LogP) is 3.35. The highest BCUT2D eigenvalue weighted by Gasteiger charge is 2.27. The molecule has 2 aliphatic carbocycles. The monoisotopic (exact) mass is 273 g/mol. The van der Waals surface area contributed by atoms with Crippen molar-refractivity contribution in [2.45, 2.75) is 69.9 Å². The van der Waals surface area contributed by atoms with Crippen molar-refractivity contribution >= 4 is 0 Å². The van der Waals surface area contributed by atoms with Crippen molar-refractivity contribution in [1.29, 1.82) is 0 Å². The third kappa shape index (κ3) is 3.42. The fourth-order valence-corrected chi connectivity index (χ4v) is 3.74. The average molecular weight is 273 g/mol. The SMILES string of the molecule is OC1(CNCc2ccc3c(c2)CCC3)CCCCCC1. The minimum Gasteiger partial charge on any atom is -0.389 e. The van der Waals surface area contributed by atoms with Crippen LogP contribution in [0.15, 0.2) is 18.2 Å². The van der Waals surface area contributed by atoms with E-state index in [2.05, 4.69) is 23.5 Å². The summed E-state index contributed by atoms with van der Waals surface area (Å²) in [5.41, 5.74) is 3.98. The second kappa shape index (κ2) is 6.28. The zero-order valence-electron chi connectivity index (χ0n) is 12.5. The Morgan fingerprint density at radius 1 is 0.950 bits per heavy atom. The van der Waals surface area contributed by atoms with E-state index in [0.29, 0.717) is 0 Å². The summed E-state index contributed by atoms with van der Waals surface area (Å²) in [4.78, 5) is 0. The Morgan fingerprint density at radius 3 is 2.50 bits per heavy atom. The van der Waals surface area contributed by atoms with Gasteiger partial charge in [0.05, 0.1) is 5.60 Å². The molecule has 2 aliphatic rings. The molecule has 1 saturated carbocycles. The number of aryl methyl sites for hydroxylation is 2. The molecule has 0 unspecified atom stereocenters. The van der Waals surface area contributed by atoms with Gasteiger partial charge in [0.2, 0.25) is 0 Å². The number of hydrogen-bond donors (Lipinski definition) is 2. The van der Waals surface area contributed by atoms with Crippen LogP contribution in [-0.4, -0.2) is 17.3 Å². The first kappa shape index (κ1) is 14.1. The first-order valence-corrected chi connectivity index (χ1v) is 8.29. The molecule has 1 fully saturated rings. The maximum Gasteiger partial charge on any atom is 0.0771 e. The molecule has 2 heteroatoms. The third-order valence-electron chi connectivity index (χ3n) is 4.98. The molecule has 20 heavy (non-hydrogen) atoms. The highest BCUT2D eigenvalue weighted by molar-refractivity contribution is 5.35. The van der Waals surface area contributed by atoms with Gasteiger partial charge < -0.3 is 10.4 Å². The van der Waals surface area contributed by atoms with Gasteiger partial charge in [0.15, 0.2) is 0 Å². The van der Waals surface area contributed by atoms with Gasteiger partial charge in [0.25, 0.3) is 0 Å². The Bertz CT molecular complexity index is 447. The molecule has 2 N–H and O–H groups in total. The van der Waals surface area contributed by atoms with Crippen LogP contribution in [0.5, 0.6) is 0 Å². The standard InChI is InChI=1S/C18H27NO/c20-18(10-3-1-2-4-11-18)14-19-13-15-8-9-16-6-5-7-17(16)12-15/h8-9,12,19-20H,1-7,10-11,13-14H2. The maximum atomic E-state index is 10.6. The molecule has 110 valence electrons. The van der Waals surface area contributed by atoms with E-state index in [1.807, 2.05) is 0 Å². The summed E-state index contributed by atoms with van der Waals surface area (Å²) in [6.07, 6.45) is 10.7. The van der Waals surface area contributed by atoms with Crippen LogP contribution < -0.4 is 5.32 Å². The zero-order chi connectivity index (χ0) is 13.8. The Morgan fingerprint density at radius 2 is 1.70 bits per heavy atom. The number of hydrogen-bond acceptors (Lipinski definition) is 2. The van der Waals surface area contributed by atoms with Crippen LogP contribution in [0.25, 0.3) is 0 Å². The Kier molecular flexibility index (Phi) is 4.42. The minimum absolute atomic E-state index is 0.465. The van der Waals surface area contributed by atoms with E-state index in [4.69, 9.17) is 0 Å². The van der Waals surface area contributed by atoms with Crippen molar-refractivity contribution in [1.82, 2.24) is 5.32 Å². The highest BCUT2D eigenvalue weighted by atomic mass is 16.3. The summed E-state index contributed by atoms with van der Waals surface area (Å²) in [5.74, 6) is 0. The number of rotatable bonds is 4. The summed E-state index contributed by atoms with van der Waals surface area (Å²) in [6, 6.07) is 6.89. The van der Waals surface area contributed by atoms with Crippen LogP contribution >= 0.6 is 0 Å². The van der Waals surface area contributed by atoms with Crippen LogP contribution in [0.1, 0.15) is 61.6 Å². The quantitative estimate of drug-likeness (QED) is 0.825. The highest BCUT2D eigenvalue weighted by Crippen LogP contribution is 2.26. The van der Waals surface area contributed by atoms with Crippen molar-refractivity contribution < 1.29 is 5.11 Å². The van der Waals surface area contributed by atoms with Gasteiger partial charge in [-0.3, -0.25) is 0 Å². The van der Waals surface area contributed by atoms with Crippen molar-refractivity contribution in [2.24, 2.45) is 0 Å². The van der Waals surface area contributed by atoms with Crippen molar-refractivity contribution in [3.63, 3.8) is 0 Å². The minimum atomic E-state index is -0.465. The van der Waals surface area contributed by atoms with Gasteiger partial charge in [-0.2, -0.15) is 0 Å². The largest absolute Gasteiger partial charge is 0.389 e. The lowest BCUT2D eigenvalue weighted by atomic mass is 9.94. The van der Waals surface area contributed by atoms with E-state index < -0.39 is 5.60 Å². The fraction of sp³-hybridized carbons (Fsp3) is 0.667. The molecule has 0 aliphatic heterocycles. The van der Waals surface area contributed by atoms with Crippen LogP contribution in [0.2, 0.25) is 0 Å². The Labute approximate surface area is 122 Å². The predicted molar refractivity (Wildman–Crippen MR) is 82.8 cm³/mol. The van der Waals surface area contributed by atoms with Gasteiger partial charge in [-0.25, -0.2) is 0 Å². The topological polar surface area (TPSA) is 32.3 Å². The third-order valence-corrected chi connectivity index (χ3v) is 4.98. The van der Waals surface area contributed by atoms with Gasteiger partial charge in [-0.1, -0.05) is 43.9 Å². The second-order valence-electron chi connectivity index (χ2n) is 6.70. The first-order chi connectivity index (χ1) is 9.75. The molecule has 0 radical (unpaired) electrons. The van der Waals surface area contributed by atoms with Gasteiger partial charge in [0, 0.05) is 13.1 Å². The molecular weight excluding hydrogens is 246 g/mol. The van der Waals surface area contributed by atoms with Crippen LogP contribution in [0.4, 0.5) is 0 Å². The maximum absolute atomic E-state index is 10.6. The molecule has 3 rings (SSSR count). The Hall–Kier alpha value is -0.860. The number of benzene rings is 1. The van der Waals surface area contributed by atoms with Gasteiger partial charge >= 0.3 is 0 Å². The van der Waals surface area contributed by atoms with Crippen molar-refractivity contribution in [2.75, 3.05) is 6.54 Å². The summed E-state index contributed by atoms with van der Waals surface area (Å²) in [6.45, 7) is 1.62. The van der Waals surface area contributed by atoms with Gasteiger partial charge in [-0.15, -0.1) is 0 Å².